The highest BCUT2D eigenvalue weighted by Crippen LogP contribution is 2.34. The summed E-state index contributed by atoms with van der Waals surface area (Å²) in [7, 11) is 4.19. The standard InChI is InChI=1S/C28H38N6O/c1-31-13-11-23-19-33(14-15-34(23)28(31)35)25-9-4-7-21-17-30-22(16-24(21)25)18-32(2)26-10-3-6-20-8-5-12-29-27(20)26/h4-5,7-9,12,22-23,26,30H,3,6,10-11,13-19H2,1-2H3/t22-,23-,26+/m1/s1. The van der Waals surface area contributed by atoms with Crippen LogP contribution in [0.25, 0.3) is 0 Å². The van der Waals surface area contributed by atoms with Gasteiger partial charge in [0.05, 0.1) is 17.8 Å². The Kier molecular flexibility index (Phi) is 6.14. The molecule has 0 spiro atoms. The molecule has 6 rings (SSSR count). The molecule has 0 radical (unpaired) electrons. The van der Waals surface area contributed by atoms with Gasteiger partial charge in [-0.15, -0.1) is 0 Å². The molecule has 1 N–H and O–H groups in total. The third-order valence-electron chi connectivity index (χ3n) is 8.68. The fourth-order valence-corrected chi connectivity index (χ4v) is 6.74. The first-order chi connectivity index (χ1) is 17.1. The van der Waals surface area contributed by atoms with E-state index in [0.717, 1.165) is 58.5 Å². The number of aromatic nitrogens is 1. The molecule has 7 nitrogen and oxygen atoms in total. The Morgan fingerprint density at radius 1 is 1.11 bits per heavy atom. The van der Waals surface area contributed by atoms with E-state index in [-0.39, 0.29) is 6.03 Å². The van der Waals surface area contributed by atoms with Gasteiger partial charge >= 0.3 is 6.03 Å². The summed E-state index contributed by atoms with van der Waals surface area (Å²) < 4.78 is 0. The highest BCUT2D eigenvalue weighted by Gasteiger charge is 2.37. The molecule has 0 saturated carbocycles. The number of anilines is 1. The summed E-state index contributed by atoms with van der Waals surface area (Å²) in [6.07, 6.45) is 7.63. The van der Waals surface area contributed by atoms with Gasteiger partial charge in [-0.1, -0.05) is 18.2 Å². The lowest BCUT2D eigenvalue weighted by atomic mass is 9.89. The molecule has 186 valence electrons. The van der Waals surface area contributed by atoms with Crippen molar-refractivity contribution in [2.75, 3.05) is 51.7 Å². The number of piperazine rings is 1. The van der Waals surface area contributed by atoms with Crippen LogP contribution in [0.3, 0.4) is 0 Å². The molecule has 1 aromatic heterocycles. The van der Waals surface area contributed by atoms with Crippen LogP contribution in [0.1, 0.15) is 47.7 Å². The lowest BCUT2D eigenvalue weighted by molar-refractivity contribution is 0.102. The molecule has 35 heavy (non-hydrogen) atoms. The van der Waals surface area contributed by atoms with Gasteiger partial charge in [-0.3, -0.25) is 9.88 Å². The molecule has 4 heterocycles. The largest absolute Gasteiger partial charge is 0.367 e. The molecule has 2 fully saturated rings. The minimum Gasteiger partial charge on any atom is -0.367 e. The van der Waals surface area contributed by atoms with Crippen molar-refractivity contribution in [2.24, 2.45) is 0 Å². The average molecular weight is 475 g/mol. The van der Waals surface area contributed by atoms with Crippen LogP contribution < -0.4 is 10.2 Å². The summed E-state index contributed by atoms with van der Waals surface area (Å²) in [5, 5.41) is 3.82. The van der Waals surface area contributed by atoms with Gasteiger partial charge in [0, 0.05) is 64.2 Å². The lowest BCUT2D eigenvalue weighted by Gasteiger charge is -2.47. The molecule has 0 bridgehead atoms. The first-order valence-corrected chi connectivity index (χ1v) is 13.3. The number of likely N-dealkylation sites (N-methyl/N-ethyl adjacent to an activating group) is 1. The zero-order chi connectivity index (χ0) is 23.9. The monoisotopic (exact) mass is 474 g/mol. The van der Waals surface area contributed by atoms with Gasteiger partial charge in [-0.25, -0.2) is 4.79 Å². The average Bonchev–Trinajstić information content (AvgIpc) is 2.90. The van der Waals surface area contributed by atoms with E-state index in [2.05, 4.69) is 57.4 Å². The molecular formula is C28H38N6O. The van der Waals surface area contributed by atoms with Gasteiger partial charge in [0.2, 0.25) is 0 Å². The number of carbonyl (C=O) groups is 1. The Labute approximate surface area is 209 Å². The topological polar surface area (TPSA) is 55.0 Å². The van der Waals surface area contributed by atoms with E-state index in [4.69, 9.17) is 4.98 Å². The maximum absolute atomic E-state index is 12.6. The van der Waals surface area contributed by atoms with Gasteiger partial charge < -0.3 is 20.0 Å². The predicted molar refractivity (Wildman–Crippen MR) is 139 cm³/mol. The third kappa shape index (κ3) is 4.29. The first-order valence-electron chi connectivity index (χ1n) is 13.3. The maximum atomic E-state index is 12.6. The van der Waals surface area contributed by atoms with Crippen LogP contribution in [0.15, 0.2) is 36.5 Å². The molecule has 2 aromatic rings. The number of hydrogen-bond acceptors (Lipinski definition) is 5. The quantitative estimate of drug-likeness (QED) is 0.738. The van der Waals surface area contributed by atoms with Gasteiger partial charge in [-0.05, 0) is 68.0 Å². The number of nitrogens with zero attached hydrogens (tertiary/aromatic N) is 5. The molecule has 1 aliphatic carbocycles. The minimum absolute atomic E-state index is 0.196. The molecule has 4 aliphatic rings. The molecule has 3 atom stereocenters. The number of rotatable bonds is 4. The highest BCUT2D eigenvalue weighted by molar-refractivity contribution is 5.76. The number of aryl methyl sites for hydroxylation is 1. The number of fused-ring (bicyclic) bond motifs is 3. The zero-order valence-corrected chi connectivity index (χ0v) is 21.1. The van der Waals surface area contributed by atoms with E-state index in [0.29, 0.717) is 18.1 Å². The highest BCUT2D eigenvalue weighted by atomic mass is 16.2. The van der Waals surface area contributed by atoms with E-state index >= 15 is 0 Å². The summed E-state index contributed by atoms with van der Waals surface area (Å²) in [5.41, 5.74) is 7.01. The van der Waals surface area contributed by atoms with Crippen LogP contribution in [0, 0.1) is 0 Å². The van der Waals surface area contributed by atoms with E-state index < -0.39 is 0 Å². The van der Waals surface area contributed by atoms with Crippen molar-refractivity contribution < 1.29 is 4.79 Å². The van der Waals surface area contributed by atoms with E-state index in [1.165, 1.54) is 40.9 Å². The second-order valence-corrected chi connectivity index (χ2v) is 10.9. The molecule has 3 aliphatic heterocycles. The molecular weight excluding hydrogens is 436 g/mol. The van der Waals surface area contributed by atoms with Crippen molar-refractivity contribution in [1.82, 2.24) is 25.0 Å². The predicted octanol–water partition coefficient (Wildman–Crippen LogP) is 3.05. The molecule has 2 saturated heterocycles. The number of nitrogens with one attached hydrogen (secondary N) is 1. The summed E-state index contributed by atoms with van der Waals surface area (Å²) in [6, 6.07) is 12.5. The smallest absolute Gasteiger partial charge is 0.320 e. The number of pyridine rings is 1. The lowest BCUT2D eigenvalue weighted by Crippen LogP contribution is -2.61. The first kappa shape index (κ1) is 22.8. The van der Waals surface area contributed by atoms with Crippen LogP contribution in [-0.4, -0.2) is 84.6 Å². The number of urea groups is 1. The van der Waals surface area contributed by atoms with E-state index in [9.17, 15) is 4.79 Å². The second kappa shape index (κ2) is 9.43. The zero-order valence-electron chi connectivity index (χ0n) is 21.1. The van der Waals surface area contributed by atoms with Crippen molar-refractivity contribution >= 4 is 11.7 Å². The third-order valence-corrected chi connectivity index (χ3v) is 8.68. The number of carbonyl (C=O) groups excluding carboxylic acids is 1. The molecule has 7 heteroatoms. The second-order valence-electron chi connectivity index (χ2n) is 10.9. The summed E-state index contributed by atoms with van der Waals surface area (Å²) in [4.78, 5) is 26.4. The van der Waals surface area contributed by atoms with Crippen molar-refractivity contribution in [1.29, 1.82) is 0 Å². The van der Waals surface area contributed by atoms with Crippen molar-refractivity contribution in [3.8, 4) is 0 Å². The number of benzene rings is 1. The Bertz CT molecular complexity index is 1090. The van der Waals surface area contributed by atoms with Gasteiger partial charge in [-0.2, -0.15) is 0 Å². The number of amides is 2. The molecule has 1 aromatic carbocycles. The Hall–Kier alpha value is -2.64. The summed E-state index contributed by atoms with van der Waals surface area (Å²) in [5.74, 6) is 0. The Morgan fingerprint density at radius 3 is 2.91 bits per heavy atom. The fourth-order valence-electron chi connectivity index (χ4n) is 6.74. The minimum atomic E-state index is 0.196. The normalized spacial score (nSPS) is 26.4. The molecule has 0 unspecified atom stereocenters. The van der Waals surface area contributed by atoms with Gasteiger partial charge in [0.15, 0.2) is 0 Å². The Morgan fingerprint density at radius 2 is 2.00 bits per heavy atom. The maximum Gasteiger partial charge on any atom is 0.320 e. The van der Waals surface area contributed by atoms with E-state index in [1.54, 1.807) is 0 Å². The van der Waals surface area contributed by atoms with Crippen LogP contribution in [0.2, 0.25) is 0 Å². The van der Waals surface area contributed by atoms with Crippen molar-refractivity contribution in [2.45, 2.75) is 56.8 Å². The van der Waals surface area contributed by atoms with Crippen LogP contribution in [0.4, 0.5) is 10.5 Å². The van der Waals surface area contributed by atoms with Crippen molar-refractivity contribution in [3.05, 3.63) is 58.9 Å². The Balaban J connectivity index is 1.17. The summed E-state index contributed by atoms with van der Waals surface area (Å²) >= 11 is 0. The van der Waals surface area contributed by atoms with Gasteiger partial charge in [0.1, 0.15) is 0 Å². The van der Waals surface area contributed by atoms with Crippen LogP contribution >= 0.6 is 0 Å². The van der Waals surface area contributed by atoms with Crippen molar-refractivity contribution in [3.63, 3.8) is 0 Å². The molecule has 2 amide bonds. The van der Waals surface area contributed by atoms with Crippen LogP contribution in [0.5, 0.6) is 0 Å². The number of hydrogen-bond donors (Lipinski definition) is 1. The van der Waals surface area contributed by atoms with Gasteiger partial charge in [0.25, 0.3) is 0 Å². The van der Waals surface area contributed by atoms with E-state index in [1.807, 2.05) is 18.1 Å². The SMILES string of the molecule is CN1CC[C@@H]2CN(c3cccc4c3C[C@H](CN(C)[C@H]3CCCc5cccnc53)NC4)CCN2C1=O. The van der Waals surface area contributed by atoms with Crippen LogP contribution in [-0.2, 0) is 19.4 Å². The fraction of sp³-hybridized carbons (Fsp3) is 0.571. The summed E-state index contributed by atoms with van der Waals surface area (Å²) in [6.45, 7) is 5.47.